The average molecular weight is 740 g/mol. The Kier molecular flexibility index (Phi) is 7.20. The molecule has 0 saturated carbocycles. The molecule has 0 aliphatic heterocycles. The largest absolute Gasteiger partial charge is 0.456 e. The molecule has 3 aromatic heterocycles. The summed E-state index contributed by atoms with van der Waals surface area (Å²) in [5, 5.41) is 9.28. The van der Waals surface area contributed by atoms with E-state index < -0.39 is 0 Å². The summed E-state index contributed by atoms with van der Waals surface area (Å²) in [6.45, 7) is 0. The van der Waals surface area contributed by atoms with Gasteiger partial charge in [-0.3, -0.25) is 0 Å². The highest BCUT2D eigenvalue weighted by molar-refractivity contribution is 6.15. The number of rotatable bonds is 5. The van der Waals surface area contributed by atoms with Crippen LogP contribution in [0, 0.1) is 0 Å². The van der Waals surface area contributed by atoms with E-state index in [1.54, 1.807) is 0 Å². The van der Waals surface area contributed by atoms with Gasteiger partial charge in [0.1, 0.15) is 11.2 Å². The van der Waals surface area contributed by atoms with E-state index >= 15 is 0 Å². The second kappa shape index (κ2) is 12.9. The van der Waals surface area contributed by atoms with Crippen molar-refractivity contribution in [3.63, 3.8) is 0 Å². The molecule has 0 amide bonds. The monoisotopic (exact) mass is 739 g/mol. The lowest BCUT2D eigenvalue weighted by Gasteiger charge is -2.11. The van der Waals surface area contributed by atoms with Crippen molar-refractivity contribution in [1.29, 1.82) is 0 Å². The summed E-state index contributed by atoms with van der Waals surface area (Å²) in [6.07, 6.45) is 0. The van der Waals surface area contributed by atoms with Crippen molar-refractivity contribution in [2.45, 2.75) is 0 Å². The van der Waals surface area contributed by atoms with Crippen LogP contribution in [-0.4, -0.2) is 14.5 Å². The van der Waals surface area contributed by atoms with Crippen LogP contribution in [0.4, 0.5) is 0 Å². The van der Waals surface area contributed by atoms with E-state index in [2.05, 4.69) is 205 Å². The van der Waals surface area contributed by atoms with E-state index in [1.165, 1.54) is 43.4 Å². The predicted molar refractivity (Wildman–Crippen MR) is 240 cm³/mol. The summed E-state index contributed by atoms with van der Waals surface area (Å²) < 4.78 is 9.12. The summed E-state index contributed by atoms with van der Waals surface area (Å²) in [7, 11) is 0. The van der Waals surface area contributed by atoms with Crippen molar-refractivity contribution in [2.24, 2.45) is 0 Å². The van der Waals surface area contributed by atoms with Crippen molar-refractivity contribution in [1.82, 2.24) is 14.5 Å². The molecular weight excluding hydrogens is 707 g/mol. The molecule has 0 unspecified atom stereocenters. The minimum Gasteiger partial charge on any atom is -0.456 e. The summed E-state index contributed by atoms with van der Waals surface area (Å²) in [6, 6.07) is 70.9. The molecule has 58 heavy (non-hydrogen) atoms. The lowest BCUT2D eigenvalue weighted by atomic mass is 10.0. The molecule has 0 aliphatic rings. The van der Waals surface area contributed by atoms with Crippen LogP contribution in [0.1, 0.15) is 0 Å². The second-order valence-corrected chi connectivity index (χ2v) is 15.0. The fraction of sp³-hybridized carbons (Fsp3) is 0. The molecular formula is C54H33N3O. The Morgan fingerprint density at radius 1 is 0.345 bits per heavy atom. The van der Waals surface area contributed by atoms with Gasteiger partial charge in [0.15, 0.2) is 5.82 Å². The van der Waals surface area contributed by atoms with Crippen LogP contribution in [-0.2, 0) is 0 Å². The summed E-state index contributed by atoms with van der Waals surface area (Å²) >= 11 is 0. The number of fused-ring (bicyclic) bond motifs is 8. The molecule has 0 bridgehead atoms. The number of para-hydroxylation sites is 1. The van der Waals surface area contributed by atoms with Gasteiger partial charge < -0.3 is 8.98 Å². The molecule has 12 rings (SSSR count). The van der Waals surface area contributed by atoms with Crippen LogP contribution in [0.25, 0.3) is 116 Å². The molecule has 0 saturated heterocycles. The first-order valence-corrected chi connectivity index (χ1v) is 19.6. The van der Waals surface area contributed by atoms with Crippen LogP contribution < -0.4 is 0 Å². The molecule has 0 spiro atoms. The molecule has 3 heterocycles. The van der Waals surface area contributed by atoms with Crippen molar-refractivity contribution in [2.75, 3.05) is 0 Å². The zero-order chi connectivity index (χ0) is 38.2. The van der Waals surface area contributed by atoms with E-state index in [0.717, 1.165) is 66.7 Å². The number of aromatic nitrogens is 3. The first-order valence-electron chi connectivity index (χ1n) is 19.6. The molecule has 0 N–H and O–H groups in total. The quantitative estimate of drug-likeness (QED) is 0.177. The number of hydrogen-bond donors (Lipinski definition) is 0. The van der Waals surface area contributed by atoms with E-state index in [-0.39, 0.29) is 0 Å². The predicted octanol–water partition coefficient (Wildman–Crippen LogP) is 14.4. The lowest BCUT2D eigenvalue weighted by molar-refractivity contribution is 0.669. The smallest absolute Gasteiger partial charge is 0.160 e. The highest BCUT2D eigenvalue weighted by Crippen LogP contribution is 2.41. The molecule has 12 aromatic rings. The van der Waals surface area contributed by atoms with Crippen molar-refractivity contribution in [3.05, 3.63) is 200 Å². The molecule has 0 aliphatic carbocycles. The van der Waals surface area contributed by atoms with Gasteiger partial charge in [-0.05, 0) is 87.3 Å². The zero-order valence-corrected chi connectivity index (χ0v) is 31.3. The molecule has 270 valence electrons. The lowest BCUT2D eigenvalue weighted by Crippen LogP contribution is -1.96. The Morgan fingerprint density at radius 3 is 1.69 bits per heavy atom. The maximum absolute atomic E-state index is 6.73. The van der Waals surface area contributed by atoms with Crippen molar-refractivity contribution < 1.29 is 4.42 Å². The standard InChI is InChI=1S/C54H33N3O/c1-2-11-34(12-3-1)39-25-27-44-43-17-8-9-18-48(43)57(50(44)31-39)49-19-10-20-51-53(49)45-28-26-42(32-52(45)58-51)54-55-46(40-23-21-35-13-4-6-15-37(35)29-40)33-47(56-54)41-24-22-36-14-5-7-16-38(36)30-41/h1-33H. The van der Waals surface area contributed by atoms with E-state index in [9.17, 15) is 0 Å². The normalized spacial score (nSPS) is 11.8. The fourth-order valence-corrected chi connectivity index (χ4v) is 8.74. The van der Waals surface area contributed by atoms with Crippen LogP contribution in [0.5, 0.6) is 0 Å². The number of hydrogen-bond acceptors (Lipinski definition) is 3. The van der Waals surface area contributed by atoms with Crippen LogP contribution in [0.2, 0.25) is 0 Å². The Balaban J connectivity index is 1.04. The van der Waals surface area contributed by atoms with Crippen molar-refractivity contribution in [3.8, 4) is 50.7 Å². The first kappa shape index (κ1) is 32.4. The Bertz CT molecular complexity index is 3480. The van der Waals surface area contributed by atoms with Gasteiger partial charge in [0.2, 0.25) is 0 Å². The summed E-state index contributed by atoms with van der Waals surface area (Å²) in [5.41, 5.74) is 12.1. The van der Waals surface area contributed by atoms with Crippen LogP contribution >= 0.6 is 0 Å². The molecule has 0 radical (unpaired) electrons. The number of furan rings is 1. The molecule has 0 atom stereocenters. The Hall–Kier alpha value is -7.82. The minimum absolute atomic E-state index is 0.646. The molecule has 9 aromatic carbocycles. The zero-order valence-electron chi connectivity index (χ0n) is 31.3. The van der Waals surface area contributed by atoms with Gasteiger partial charge in [0.25, 0.3) is 0 Å². The number of benzene rings is 9. The minimum atomic E-state index is 0.646. The van der Waals surface area contributed by atoms with Gasteiger partial charge in [-0.1, -0.05) is 146 Å². The van der Waals surface area contributed by atoms with E-state index in [0.29, 0.717) is 5.82 Å². The van der Waals surface area contributed by atoms with Crippen molar-refractivity contribution >= 4 is 65.3 Å². The third-order valence-electron chi connectivity index (χ3n) is 11.6. The highest BCUT2D eigenvalue weighted by atomic mass is 16.3. The average Bonchev–Trinajstić information content (AvgIpc) is 3.84. The Labute approximate surface area is 333 Å². The molecule has 0 fully saturated rings. The summed E-state index contributed by atoms with van der Waals surface area (Å²) in [4.78, 5) is 10.5. The maximum atomic E-state index is 6.73. The van der Waals surface area contributed by atoms with Gasteiger partial charge in [-0.25, -0.2) is 9.97 Å². The fourth-order valence-electron chi connectivity index (χ4n) is 8.74. The van der Waals surface area contributed by atoms with Gasteiger partial charge in [0, 0.05) is 32.8 Å². The third kappa shape index (κ3) is 5.23. The SMILES string of the molecule is c1ccc(-c2ccc3c4ccccc4n(-c4cccc5oc6cc(-c7nc(-c8ccc9ccccc9c8)cc(-c8ccc9ccccc9c8)n7)ccc6c45)c3c2)cc1. The van der Waals surface area contributed by atoms with Gasteiger partial charge in [0.05, 0.1) is 33.5 Å². The highest BCUT2D eigenvalue weighted by Gasteiger charge is 2.20. The van der Waals surface area contributed by atoms with Crippen LogP contribution in [0.3, 0.4) is 0 Å². The topological polar surface area (TPSA) is 43.9 Å². The molecule has 4 heteroatoms. The second-order valence-electron chi connectivity index (χ2n) is 15.0. The van der Waals surface area contributed by atoms with E-state index in [4.69, 9.17) is 14.4 Å². The summed E-state index contributed by atoms with van der Waals surface area (Å²) in [5.74, 6) is 0.646. The molecule has 4 nitrogen and oxygen atoms in total. The van der Waals surface area contributed by atoms with Gasteiger partial charge in [-0.15, -0.1) is 0 Å². The maximum Gasteiger partial charge on any atom is 0.160 e. The Morgan fingerprint density at radius 2 is 0.948 bits per heavy atom. The van der Waals surface area contributed by atoms with E-state index in [1.807, 2.05) is 0 Å². The third-order valence-corrected chi connectivity index (χ3v) is 11.6. The van der Waals surface area contributed by atoms with Gasteiger partial charge in [-0.2, -0.15) is 0 Å². The number of nitrogens with zero attached hydrogens (tertiary/aromatic N) is 3. The first-order chi connectivity index (χ1) is 28.7. The van der Waals surface area contributed by atoms with Gasteiger partial charge >= 0.3 is 0 Å². The van der Waals surface area contributed by atoms with Crippen LogP contribution in [0.15, 0.2) is 205 Å².